The molecule has 0 bridgehead atoms. The van der Waals surface area contributed by atoms with Crippen LogP contribution in [0.2, 0.25) is 0 Å². The second-order valence-corrected chi connectivity index (χ2v) is 7.66. The van der Waals surface area contributed by atoms with Crippen molar-refractivity contribution in [2.24, 2.45) is 0 Å². The molecule has 0 aliphatic carbocycles. The first-order valence-electron chi connectivity index (χ1n) is 11.3. The van der Waals surface area contributed by atoms with E-state index in [-0.39, 0.29) is 12.1 Å². The number of hydrogen-bond donors (Lipinski definition) is 0. The second-order valence-electron chi connectivity index (χ2n) is 7.66. The summed E-state index contributed by atoms with van der Waals surface area (Å²) in [6, 6.07) is 13.8. The normalized spacial score (nSPS) is 11.8. The van der Waals surface area contributed by atoms with E-state index in [1.165, 1.54) is 26.9 Å². The monoisotopic (exact) mass is 443 g/mol. The lowest BCUT2D eigenvalue weighted by Crippen LogP contribution is -2.28. The fourth-order valence-electron chi connectivity index (χ4n) is 3.67. The first kappa shape index (κ1) is 25.5. The van der Waals surface area contributed by atoms with E-state index in [0.717, 1.165) is 45.3 Å². The molecule has 1 atom stereocenters. The van der Waals surface area contributed by atoms with Gasteiger partial charge in [0.25, 0.3) is 0 Å². The molecule has 6 heteroatoms. The summed E-state index contributed by atoms with van der Waals surface area (Å²) in [6.45, 7) is 7.26. The molecule has 0 heterocycles. The lowest BCUT2D eigenvalue weighted by atomic mass is 10.1. The van der Waals surface area contributed by atoms with E-state index in [9.17, 15) is 4.79 Å². The molecule has 0 amide bonds. The Morgan fingerprint density at radius 2 is 1.59 bits per heavy atom. The van der Waals surface area contributed by atoms with Gasteiger partial charge in [-0.15, -0.1) is 0 Å². The number of nitrogens with zero attached hydrogens (tertiary/aromatic N) is 1. The van der Waals surface area contributed by atoms with E-state index in [0.29, 0.717) is 22.8 Å². The van der Waals surface area contributed by atoms with Crippen LogP contribution in [0.1, 0.15) is 49.0 Å². The van der Waals surface area contributed by atoms with Crippen LogP contribution in [0.5, 0.6) is 17.2 Å². The van der Waals surface area contributed by atoms with Crippen molar-refractivity contribution in [3.63, 3.8) is 0 Å². The standard InChI is InChI=1S/C26H37NO5/c1-6-22(14-11-16-27(7-2)17-15-20-12-9-8-10-13-20)32-26(28)21-18-23(29-3)25(31-5)24(19-21)30-4/h8-10,12-13,18-19,22H,6-7,11,14-17H2,1-5H3/t22-/m0/s1. The van der Waals surface area contributed by atoms with Gasteiger partial charge in [0, 0.05) is 6.54 Å². The molecule has 0 saturated heterocycles. The number of likely N-dealkylation sites (N-methyl/N-ethyl adjacent to an activating group) is 1. The van der Waals surface area contributed by atoms with Crippen LogP contribution in [0, 0.1) is 0 Å². The molecule has 0 aliphatic heterocycles. The molecule has 0 fully saturated rings. The zero-order valence-electron chi connectivity index (χ0n) is 20.1. The highest BCUT2D eigenvalue weighted by molar-refractivity contribution is 5.91. The van der Waals surface area contributed by atoms with Gasteiger partial charge < -0.3 is 23.8 Å². The van der Waals surface area contributed by atoms with Gasteiger partial charge in [0.2, 0.25) is 5.75 Å². The maximum Gasteiger partial charge on any atom is 0.338 e. The zero-order valence-corrected chi connectivity index (χ0v) is 20.1. The van der Waals surface area contributed by atoms with Gasteiger partial charge in [-0.25, -0.2) is 4.79 Å². The van der Waals surface area contributed by atoms with Gasteiger partial charge in [0.1, 0.15) is 6.10 Å². The van der Waals surface area contributed by atoms with Gasteiger partial charge in [-0.3, -0.25) is 0 Å². The van der Waals surface area contributed by atoms with Crippen molar-refractivity contribution in [2.75, 3.05) is 41.0 Å². The number of benzene rings is 2. The van der Waals surface area contributed by atoms with Gasteiger partial charge in [-0.05, 0) is 56.5 Å². The zero-order chi connectivity index (χ0) is 23.3. The minimum atomic E-state index is -0.382. The molecule has 0 aliphatic rings. The summed E-state index contributed by atoms with van der Waals surface area (Å²) in [4.78, 5) is 15.2. The highest BCUT2D eigenvalue weighted by Gasteiger charge is 2.20. The van der Waals surface area contributed by atoms with Gasteiger partial charge in [0.15, 0.2) is 11.5 Å². The van der Waals surface area contributed by atoms with Crippen molar-refractivity contribution < 1.29 is 23.7 Å². The van der Waals surface area contributed by atoms with Crippen molar-refractivity contribution >= 4 is 5.97 Å². The number of methoxy groups -OCH3 is 3. The third-order valence-electron chi connectivity index (χ3n) is 5.64. The molecule has 2 aromatic carbocycles. The molecule has 0 N–H and O–H groups in total. The Hall–Kier alpha value is -2.73. The number of ether oxygens (including phenoxy) is 4. The average molecular weight is 444 g/mol. The predicted octanol–water partition coefficient (Wildman–Crippen LogP) is 4.99. The molecule has 0 radical (unpaired) electrons. The summed E-state index contributed by atoms with van der Waals surface area (Å²) in [5.41, 5.74) is 1.74. The van der Waals surface area contributed by atoms with Crippen molar-refractivity contribution in [3.05, 3.63) is 53.6 Å². The summed E-state index contributed by atoms with van der Waals surface area (Å²) in [5.74, 6) is 0.939. The number of carbonyl (C=O) groups excluding carboxylic acids is 1. The molecule has 6 nitrogen and oxygen atoms in total. The first-order valence-corrected chi connectivity index (χ1v) is 11.3. The summed E-state index contributed by atoms with van der Waals surface area (Å²) in [7, 11) is 4.59. The van der Waals surface area contributed by atoms with Crippen LogP contribution in [0.25, 0.3) is 0 Å². The van der Waals surface area contributed by atoms with E-state index in [4.69, 9.17) is 18.9 Å². The van der Waals surface area contributed by atoms with Crippen LogP contribution in [0.4, 0.5) is 0 Å². The van der Waals surface area contributed by atoms with Crippen molar-refractivity contribution in [2.45, 2.75) is 45.6 Å². The van der Waals surface area contributed by atoms with Gasteiger partial charge >= 0.3 is 5.97 Å². The van der Waals surface area contributed by atoms with E-state index in [2.05, 4.69) is 36.1 Å². The Kier molecular flexibility index (Phi) is 10.9. The highest BCUT2D eigenvalue weighted by atomic mass is 16.5. The number of rotatable bonds is 14. The summed E-state index contributed by atoms with van der Waals surface area (Å²) in [6.07, 6.45) is 3.49. The Labute approximate surface area is 192 Å². The van der Waals surface area contributed by atoms with Crippen LogP contribution < -0.4 is 14.2 Å². The Morgan fingerprint density at radius 1 is 0.938 bits per heavy atom. The minimum absolute atomic E-state index is 0.130. The second kappa shape index (κ2) is 13.6. The minimum Gasteiger partial charge on any atom is -0.493 e. The van der Waals surface area contributed by atoms with Crippen LogP contribution in [0.3, 0.4) is 0 Å². The number of esters is 1. The SMILES string of the molecule is CC[C@@H](CCCN(CC)CCc1ccccc1)OC(=O)c1cc(OC)c(OC)c(OC)c1. The maximum absolute atomic E-state index is 12.8. The third kappa shape index (κ3) is 7.45. The molecule has 2 rings (SSSR count). The number of carbonyl (C=O) groups is 1. The topological polar surface area (TPSA) is 57.2 Å². The predicted molar refractivity (Wildman–Crippen MR) is 127 cm³/mol. The van der Waals surface area contributed by atoms with E-state index in [1.54, 1.807) is 12.1 Å². The number of hydrogen-bond acceptors (Lipinski definition) is 6. The molecule has 0 saturated carbocycles. The van der Waals surface area contributed by atoms with E-state index >= 15 is 0 Å². The molecular formula is C26H37NO5. The van der Waals surface area contributed by atoms with Crippen LogP contribution in [-0.2, 0) is 11.2 Å². The van der Waals surface area contributed by atoms with Gasteiger partial charge in [0.05, 0.1) is 26.9 Å². The Bertz CT molecular complexity index is 799. The largest absolute Gasteiger partial charge is 0.493 e. The highest BCUT2D eigenvalue weighted by Crippen LogP contribution is 2.38. The fraction of sp³-hybridized carbons (Fsp3) is 0.500. The van der Waals surface area contributed by atoms with Crippen LogP contribution >= 0.6 is 0 Å². The fourth-order valence-corrected chi connectivity index (χ4v) is 3.67. The van der Waals surface area contributed by atoms with E-state index in [1.807, 2.05) is 13.0 Å². The molecule has 32 heavy (non-hydrogen) atoms. The van der Waals surface area contributed by atoms with Crippen LogP contribution in [-0.4, -0.2) is 57.9 Å². The Morgan fingerprint density at radius 3 is 2.12 bits per heavy atom. The molecule has 2 aromatic rings. The molecule has 176 valence electrons. The lowest BCUT2D eigenvalue weighted by Gasteiger charge is -2.22. The summed E-state index contributed by atoms with van der Waals surface area (Å²) < 4.78 is 21.8. The van der Waals surface area contributed by atoms with Crippen molar-refractivity contribution in [1.29, 1.82) is 0 Å². The van der Waals surface area contributed by atoms with Crippen LogP contribution in [0.15, 0.2) is 42.5 Å². The maximum atomic E-state index is 12.8. The van der Waals surface area contributed by atoms with Gasteiger partial charge in [-0.2, -0.15) is 0 Å². The van der Waals surface area contributed by atoms with Gasteiger partial charge in [-0.1, -0.05) is 44.2 Å². The molecule has 0 spiro atoms. The molecular weight excluding hydrogens is 406 g/mol. The van der Waals surface area contributed by atoms with E-state index < -0.39 is 0 Å². The summed E-state index contributed by atoms with van der Waals surface area (Å²) in [5, 5.41) is 0. The van der Waals surface area contributed by atoms with Crippen molar-refractivity contribution in [3.8, 4) is 17.2 Å². The molecule has 0 aromatic heterocycles. The van der Waals surface area contributed by atoms with Crippen molar-refractivity contribution in [1.82, 2.24) is 4.90 Å². The molecule has 0 unspecified atom stereocenters. The Balaban J connectivity index is 1.89. The first-order chi connectivity index (χ1) is 15.6. The third-order valence-corrected chi connectivity index (χ3v) is 5.64. The quantitative estimate of drug-likeness (QED) is 0.383. The lowest BCUT2D eigenvalue weighted by molar-refractivity contribution is 0.0261. The smallest absolute Gasteiger partial charge is 0.338 e. The average Bonchev–Trinajstić information content (AvgIpc) is 2.84. The summed E-state index contributed by atoms with van der Waals surface area (Å²) >= 11 is 0.